The Balaban J connectivity index is 1.94. The van der Waals surface area contributed by atoms with E-state index >= 15 is 0 Å². The molecule has 7 nitrogen and oxygen atoms in total. The zero-order valence-corrected chi connectivity index (χ0v) is 11.0. The molecule has 0 bridgehead atoms. The highest BCUT2D eigenvalue weighted by Gasteiger charge is 2.35. The van der Waals surface area contributed by atoms with Gasteiger partial charge in [0.15, 0.2) is 0 Å². The van der Waals surface area contributed by atoms with Crippen LogP contribution in [-0.4, -0.2) is 51.9 Å². The minimum Gasteiger partial charge on any atom is -0.480 e. The van der Waals surface area contributed by atoms with E-state index in [1.807, 2.05) is 6.07 Å². The molecule has 2 aromatic rings. The number of H-pyrrole nitrogens is 1. The fourth-order valence-corrected chi connectivity index (χ4v) is 2.43. The predicted molar refractivity (Wildman–Crippen MR) is 73.8 cm³/mol. The summed E-state index contributed by atoms with van der Waals surface area (Å²) in [6, 6.07) is 5.83. The summed E-state index contributed by atoms with van der Waals surface area (Å²) in [5.41, 5.74) is 1.25. The van der Waals surface area contributed by atoms with Crippen molar-refractivity contribution < 1.29 is 19.5 Å². The van der Waals surface area contributed by atoms with Crippen LogP contribution < -0.4 is 5.32 Å². The van der Waals surface area contributed by atoms with Gasteiger partial charge in [-0.05, 0) is 24.3 Å². The molecule has 21 heavy (non-hydrogen) atoms. The van der Waals surface area contributed by atoms with Crippen LogP contribution in [0.3, 0.4) is 0 Å². The third kappa shape index (κ3) is 2.33. The van der Waals surface area contributed by atoms with Gasteiger partial charge in [-0.3, -0.25) is 9.59 Å². The van der Waals surface area contributed by atoms with Crippen LogP contribution in [0.4, 0.5) is 0 Å². The number of carboxylic acid groups (broad SMARTS) is 1. The smallest absolute Gasteiger partial charge is 0.328 e. The van der Waals surface area contributed by atoms with Gasteiger partial charge in [-0.1, -0.05) is 0 Å². The Labute approximate surface area is 119 Å². The third-order valence-corrected chi connectivity index (χ3v) is 3.53. The van der Waals surface area contributed by atoms with Crippen molar-refractivity contribution in [2.75, 3.05) is 13.1 Å². The first-order chi connectivity index (χ1) is 10.1. The molecule has 1 unspecified atom stereocenters. The van der Waals surface area contributed by atoms with Crippen molar-refractivity contribution in [2.24, 2.45) is 0 Å². The standard InChI is InChI=1S/C14H13N3O4/c18-12-7-17(11(6-16-12)14(20)21)13(19)9-1-2-10-8(5-9)3-4-15-10/h1-5,11,15H,6-7H2,(H,16,18)(H,20,21). The lowest BCUT2D eigenvalue weighted by molar-refractivity contribution is -0.144. The molecule has 0 saturated carbocycles. The molecule has 3 rings (SSSR count). The van der Waals surface area contributed by atoms with Gasteiger partial charge < -0.3 is 20.3 Å². The first kappa shape index (κ1) is 13.2. The number of nitrogens with one attached hydrogen (secondary N) is 2. The molecule has 1 atom stereocenters. The number of rotatable bonds is 2. The average Bonchev–Trinajstić information content (AvgIpc) is 2.93. The number of aliphatic carboxylic acids is 1. The maximum absolute atomic E-state index is 12.5. The number of aromatic amines is 1. The predicted octanol–water partition coefficient (Wildman–Crippen LogP) is 0.193. The highest BCUT2D eigenvalue weighted by atomic mass is 16.4. The van der Waals surface area contributed by atoms with Crippen LogP contribution >= 0.6 is 0 Å². The fraction of sp³-hybridized carbons (Fsp3) is 0.214. The van der Waals surface area contributed by atoms with Gasteiger partial charge in [0.05, 0.1) is 0 Å². The van der Waals surface area contributed by atoms with Crippen molar-refractivity contribution in [2.45, 2.75) is 6.04 Å². The van der Waals surface area contributed by atoms with Crippen LogP contribution in [0.5, 0.6) is 0 Å². The van der Waals surface area contributed by atoms with Crippen LogP contribution in [-0.2, 0) is 9.59 Å². The van der Waals surface area contributed by atoms with Crippen LogP contribution in [0.2, 0.25) is 0 Å². The summed E-state index contributed by atoms with van der Waals surface area (Å²) in [6.45, 7) is -0.326. The lowest BCUT2D eigenvalue weighted by atomic mass is 10.1. The third-order valence-electron chi connectivity index (χ3n) is 3.53. The van der Waals surface area contributed by atoms with E-state index in [-0.39, 0.29) is 19.0 Å². The molecule has 2 amide bonds. The summed E-state index contributed by atoms with van der Waals surface area (Å²) in [7, 11) is 0. The molecule has 3 N–H and O–H groups in total. The number of amides is 2. The number of aromatic nitrogens is 1. The van der Waals surface area contributed by atoms with Gasteiger partial charge in [0.25, 0.3) is 5.91 Å². The Morgan fingerprint density at radius 3 is 2.86 bits per heavy atom. The van der Waals surface area contributed by atoms with Gasteiger partial charge in [-0.2, -0.15) is 0 Å². The molecule has 0 radical (unpaired) electrons. The number of carbonyl (C=O) groups excluding carboxylic acids is 2. The molecule has 1 fully saturated rings. The van der Waals surface area contributed by atoms with Crippen molar-refractivity contribution in [1.82, 2.24) is 15.2 Å². The molecular formula is C14H13N3O4. The second-order valence-corrected chi connectivity index (χ2v) is 4.87. The van der Waals surface area contributed by atoms with Crippen molar-refractivity contribution in [3.8, 4) is 0 Å². The quantitative estimate of drug-likeness (QED) is 0.733. The lowest BCUT2D eigenvalue weighted by Crippen LogP contribution is -2.59. The molecule has 7 heteroatoms. The lowest BCUT2D eigenvalue weighted by Gasteiger charge is -2.32. The molecule has 1 saturated heterocycles. The molecule has 1 aromatic carbocycles. The average molecular weight is 287 g/mol. The van der Waals surface area contributed by atoms with E-state index in [1.54, 1.807) is 24.4 Å². The number of carbonyl (C=O) groups is 3. The van der Waals surface area contributed by atoms with Crippen molar-refractivity contribution >= 4 is 28.7 Å². The Bertz CT molecular complexity index is 737. The topological polar surface area (TPSA) is 103 Å². The zero-order valence-electron chi connectivity index (χ0n) is 11.0. The van der Waals surface area contributed by atoms with Crippen LogP contribution in [0.1, 0.15) is 10.4 Å². The second-order valence-electron chi connectivity index (χ2n) is 4.87. The Morgan fingerprint density at radius 2 is 2.10 bits per heavy atom. The van der Waals surface area contributed by atoms with Crippen molar-refractivity contribution in [3.05, 3.63) is 36.0 Å². The van der Waals surface area contributed by atoms with Crippen molar-refractivity contribution in [1.29, 1.82) is 0 Å². The molecule has 1 aliphatic rings. The molecule has 0 aliphatic carbocycles. The summed E-state index contributed by atoms with van der Waals surface area (Å²) in [6.07, 6.45) is 1.76. The number of piperazine rings is 1. The molecule has 2 heterocycles. The first-order valence-corrected chi connectivity index (χ1v) is 6.44. The van der Waals surface area contributed by atoms with Gasteiger partial charge in [0.1, 0.15) is 12.6 Å². The number of nitrogens with zero attached hydrogens (tertiary/aromatic N) is 1. The van der Waals surface area contributed by atoms with Gasteiger partial charge in [0.2, 0.25) is 5.91 Å². The Kier molecular flexibility index (Phi) is 3.09. The van der Waals surface area contributed by atoms with Gasteiger partial charge in [0, 0.05) is 29.2 Å². The molecule has 1 aromatic heterocycles. The SMILES string of the molecule is O=C1CN(C(=O)c2ccc3[nH]ccc3c2)C(C(=O)O)CN1. The number of benzene rings is 1. The van der Waals surface area contributed by atoms with Crippen molar-refractivity contribution in [3.63, 3.8) is 0 Å². The monoisotopic (exact) mass is 287 g/mol. The first-order valence-electron chi connectivity index (χ1n) is 6.44. The number of hydrogen-bond acceptors (Lipinski definition) is 3. The van der Waals surface area contributed by atoms with E-state index in [0.717, 1.165) is 15.8 Å². The number of hydrogen-bond donors (Lipinski definition) is 3. The molecule has 0 spiro atoms. The van der Waals surface area contributed by atoms with E-state index in [4.69, 9.17) is 0 Å². The second kappa shape index (κ2) is 4.93. The largest absolute Gasteiger partial charge is 0.480 e. The number of carboxylic acids is 1. The van der Waals surface area contributed by atoms with E-state index in [2.05, 4.69) is 10.3 Å². The van der Waals surface area contributed by atoms with Crippen LogP contribution in [0.15, 0.2) is 30.5 Å². The summed E-state index contributed by atoms with van der Waals surface area (Å²) >= 11 is 0. The highest BCUT2D eigenvalue weighted by molar-refractivity contribution is 6.02. The molecule has 108 valence electrons. The normalized spacial score (nSPS) is 18.6. The molecule has 1 aliphatic heterocycles. The minimum absolute atomic E-state index is 0.0771. The van der Waals surface area contributed by atoms with E-state index < -0.39 is 17.9 Å². The van der Waals surface area contributed by atoms with Gasteiger partial charge in [-0.25, -0.2) is 4.79 Å². The highest BCUT2D eigenvalue weighted by Crippen LogP contribution is 2.17. The van der Waals surface area contributed by atoms with E-state index in [9.17, 15) is 19.5 Å². The zero-order chi connectivity index (χ0) is 15.0. The summed E-state index contributed by atoms with van der Waals surface area (Å²) in [5.74, 6) is -1.95. The fourth-order valence-electron chi connectivity index (χ4n) is 2.43. The minimum atomic E-state index is -1.13. The molecular weight excluding hydrogens is 274 g/mol. The maximum atomic E-state index is 12.5. The Morgan fingerprint density at radius 1 is 1.29 bits per heavy atom. The van der Waals surface area contributed by atoms with Crippen LogP contribution in [0, 0.1) is 0 Å². The van der Waals surface area contributed by atoms with E-state index in [0.29, 0.717) is 5.56 Å². The summed E-state index contributed by atoms with van der Waals surface area (Å²) in [5, 5.41) is 12.5. The number of fused-ring (bicyclic) bond motifs is 1. The maximum Gasteiger partial charge on any atom is 0.328 e. The van der Waals surface area contributed by atoms with Gasteiger partial charge in [-0.15, -0.1) is 0 Å². The summed E-state index contributed by atoms with van der Waals surface area (Å²) < 4.78 is 0. The van der Waals surface area contributed by atoms with E-state index in [1.165, 1.54) is 0 Å². The summed E-state index contributed by atoms with van der Waals surface area (Å²) in [4.78, 5) is 39.3. The van der Waals surface area contributed by atoms with Crippen LogP contribution in [0.25, 0.3) is 10.9 Å². The Hall–Kier alpha value is -2.83. The van der Waals surface area contributed by atoms with Gasteiger partial charge >= 0.3 is 5.97 Å².